The Hall–Kier alpha value is -2.53. The van der Waals surface area contributed by atoms with E-state index in [9.17, 15) is 0 Å². The second-order valence-corrected chi connectivity index (χ2v) is 6.09. The molecular weight excluding hydrogens is 304 g/mol. The van der Waals surface area contributed by atoms with Crippen molar-refractivity contribution in [3.8, 4) is 0 Å². The zero-order chi connectivity index (χ0) is 16.1. The third kappa shape index (κ3) is 3.81. The van der Waals surface area contributed by atoms with Crippen molar-refractivity contribution in [2.75, 3.05) is 11.1 Å². The molecule has 5 heteroatoms. The number of nitrogen functional groups attached to an aromatic ring is 1. The first-order chi connectivity index (χ1) is 11.3. The van der Waals surface area contributed by atoms with E-state index in [0.717, 1.165) is 22.0 Å². The minimum atomic E-state index is 0.556. The zero-order valence-corrected chi connectivity index (χ0v) is 13.7. The maximum absolute atomic E-state index is 6.23. The Kier molecular flexibility index (Phi) is 4.78. The molecule has 0 aliphatic rings. The van der Waals surface area contributed by atoms with Gasteiger partial charge in [-0.2, -0.15) is 0 Å². The van der Waals surface area contributed by atoms with Gasteiger partial charge in [0.2, 0.25) is 0 Å². The topological polar surface area (TPSA) is 63.8 Å². The Morgan fingerprint density at radius 3 is 2.43 bits per heavy atom. The van der Waals surface area contributed by atoms with Crippen molar-refractivity contribution in [2.24, 2.45) is 0 Å². The van der Waals surface area contributed by atoms with Gasteiger partial charge in [0.1, 0.15) is 17.0 Å². The molecule has 0 saturated heterocycles. The maximum Gasteiger partial charge on any atom is 0.158 e. The van der Waals surface area contributed by atoms with Crippen LogP contribution in [0.3, 0.4) is 0 Å². The maximum atomic E-state index is 6.23. The number of anilines is 3. The lowest BCUT2D eigenvalue weighted by Crippen LogP contribution is -2.02. The summed E-state index contributed by atoms with van der Waals surface area (Å²) in [7, 11) is 0. The van der Waals surface area contributed by atoms with Gasteiger partial charge in [0.05, 0.1) is 0 Å². The van der Waals surface area contributed by atoms with E-state index in [4.69, 9.17) is 5.73 Å². The van der Waals surface area contributed by atoms with Gasteiger partial charge in [-0.05, 0) is 36.2 Å². The zero-order valence-electron chi connectivity index (χ0n) is 12.9. The quantitative estimate of drug-likeness (QED) is 0.676. The van der Waals surface area contributed by atoms with Crippen LogP contribution in [0.5, 0.6) is 0 Å². The van der Waals surface area contributed by atoms with Gasteiger partial charge in [0.25, 0.3) is 0 Å². The average molecular weight is 322 g/mol. The first kappa shape index (κ1) is 15.4. The molecule has 0 aliphatic carbocycles. The normalized spacial score (nSPS) is 10.5. The van der Waals surface area contributed by atoms with Crippen LogP contribution in [-0.2, 0) is 6.42 Å². The van der Waals surface area contributed by atoms with Crippen LogP contribution < -0.4 is 11.1 Å². The van der Waals surface area contributed by atoms with Gasteiger partial charge in [0.15, 0.2) is 5.82 Å². The van der Waals surface area contributed by atoms with Gasteiger partial charge in [-0.25, -0.2) is 9.97 Å². The highest BCUT2D eigenvalue weighted by Crippen LogP contribution is 2.33. The molecule has 0 fully saturated rings. The predicted molar refractivity (Wildman–Crippen MR) is 96.1 cm³/mol. The largest absolute Gasteiger partial charge is 0.394 e. The number of hydrogen-bond acceptors (Lipinski definition) is 5. The molecule has 3 rings (SSSR count). The van der Waals surface area contributed by atoms with Crippen molar-refractivity contribution in [3.05, 3.63) is 66.5 Å². The number of nitrogens with zero attached hydrogens (tertiary/aromatic N) is 2. The van der Waals surface area contributed by atoms with Crippen molar-refractivity contribution in [3.63, 3.8) is 0 Å². The summed E-state index contributed by atoms with van der Waals surface area (Å²) in [6.07, 6.45) is 2.55. The number of benzene rings is 2. The molecule has 0 aliphatic heterocycles. The van der Waals surface area contributed by atoms with Crippen molar-refractivity contribution < 1.29 is 0 Å². The molecule has 4 nitrogen and oxygen atoms in total. The molecule has 1 aromatic heterocycles. The highest BCUT2D eigenvalue weighted by molar-refractivity contribution is 7.99. The molecule has 0 spiro atoms. The van der Waals surface area contributed by atoms with Crippen molar-refractivity contribution in [1.82, 2.24) is 9.97 Å². The van der Waals surface area contributed by atoms with E-state index in [1.165, 1.54) is 23.7 Å². The Morgan fingerprint density at radius 2 is 1.74 bits per heavy atom. The van der Waals surface area contributed by atoms with Gasteiger partial charge < -0.3 is 11.1 Å². The molecule has 0 unspecified atom stereocenters. The van der Waals surface area contributed by atoms with E-state index in [-0.39, 0.29) is 0 Å². The van der Waals surface area contributed by atoms with Gasteiger partial charge >= 0.3 is 0 Å². The van der Waals surface area contributed by atoms with E-state index in [0.29, 0.717) is 11.5 Å². The van der Waals surface area contributed by atoms with Gasteiger partial charge in [-0.3, -0.25) is 0 Å². The molecule has 0 saturated carbocycles. The smallest absolute Gasteiger partial charge is 0.158 e. The van der Waals surface area contributed by atoms with Gasteiger partial charge in [-0.15, -0.1) is 0 Å². The lowest BCUT2D eigenvalue weighted by atomic mass is 10.1. The molecule has 1 heterocycles. The average Bonchev–Trinajstić information content (AvgIpc) is 2.60. The third-order valence-electron chi connectivity index (χ3n) is 3.43. The molecule has 0 radical (unpaired) electrons. The summed E-state index contributed by atoms with van der Waals surface area (Å²) in [5.74, 6) is 0.627. The number of hydrogen-bond donors (Lipinski definition) is 2. The summed E-state index contributed by atoms with van der Waals surface area (Å²) in [5.41, 5.74) is 9.04. The number of aryl methyl sites for hydroxylation is 1. The summed E-state index contributed by atoms with van der Waals surface area (Å²) in [4.78, 5) is 9.64. The van der Waals surface area contributed by atoms with Crippen LogP contribution >= 0.6 is 11.8 Å². The lowest BCUT2D eigenvalue weighted by molar-refractivity contribution is 1.06. The molecule has 0 atom stereocenters. The summed E-state index contributed by atoms with van der Waals surface area (Å²) in [6.45, 7) is 2.14. The first-order valence-corrected chi connectivity index (χ1v) is 8.27. The monoisotopic (exact) mass is 322 g/mol. The standard InChI is InChI=1S/C18H18N4S/c1-2-13-8-10-14(11-9-13)22-17-16(19)18(21-12-20-17)23-15-6-4-3-5-7-15/h3-12H,2,19H2,1H3,(H,20,21,22). The second kappa shape index (κ2) is 7.15. The minimum absolute atomic E-state index is 0.556. The van der Waals surface area contributed by atoms with Crippen LogP contribution in [0, 0.1) is 0 Å². The first-order valence-electron chi connectivity index (χ1n) is 7.45. The number of rotatable bonds is 5. The number of nitrogens with one attached hydrogen (secondary N) is 1. The van der Waals surface area contributed by atoms with Crippen LogP contribution in [0.25, 0.3) is 0 Å². The molecule has 0 bridgehead atoms. The Bertz CT molecular complexity index is 773. The lowest BCUT2D eigenvalue weighted by Gasteiger charge is -2.11. The van der Waals surface area contributed by atoms with Crippen molar-refractivity contribution in [1.29, 1.82) is 0 Å². The van der Waals surface area contributed by atoms with E-state index in [1.54, 1.807) is 0 Å². The van der Waals surface area contributed by atoms with Gasteiger partial charge in [-0.1, -0.05) is 49.0 Å². The van der Waals surface area contributed by atoms with Gasteiger partial charge in [0, 0.05) is 10.6 Å². The summed E-state index contributed by atoms with van der Waals surface area (Å²) >= 11 is 1.53. The Balaban J connectivity index is 1.81. The third-order valence-corrected chi connectivity index (χ3v) is 4.46. The molecule has 23 heavy (non-hydrogen) atoms. The predicted octanol–water partition coefficient (Wildman–Crippen LogP) is 4.52. The van der Waals surface area contributed by atoms with Crippen molar-refractivity contribution in [2.45, 2.75) is 23.3 Å². The van der Waals surface area contributed by atoms with E-state index in [1.807, 2.05) is 42.5 Å². The molecule has 3 N–H and O–H groups in total. The fourth-order valence-corrected chi connectivity index (χ4v) is 2.94. The highest BCUT2D eigenvalue weighted by Gasteiger charge is 2.09. The molecule has 0 amide bonds. The van der Waals surface area contributed by atoms with E-state index in [2.05, 4.69) is 34.3 Å². The molecule has 116 valence electrons. The fraction of sp³-hybridized carbons (Fsp3) is 0.111. The van der Waals surface area contributed by atoms with E-state index < -0.39 is 0 Å². The molecule has 3 aromatic rings. The summed E-state index contributed by atoms with van der Waals surface area (Å²) in [6, 6.07) is 18.3. The highest BCUT2D eigenvalue weighted by atomic mass is 32.2. The van der Waals surface area contributed by atoms with E-state index >= 15 is 0 Å². The van der Waals surface area contributed by atoms with Crippen LogP contribution in [0.2, 0.25) is 0 Å². The SMILES string of the molecule is CCc1ccc(Nc2ncnc(Sc3ccccc3)c2N)cc1. The molecule has 2 aromatic carbocycles. The Labute approximate surface area is 140 Å². The Morgan fingerprint density at radius 1 is 1.00 bits per heavy atom. The summed E-state index contributed by atoms with van der Waals surface area (Å²) < 4.78 is 0. The molecular formula is C18H18N4S. The van der Waals surface area contributed by atoms with Crippen molar-refractivity contribution >= 4 is 29.0 Å². The van der Waals surface area contributed by atoms with Crippen LogP contribution in [0.1, 0.15) is 12.5 Å². The van der Waals surface area contributed by atoms with Crippen LogP contribution in [0.15, 0.2) is 70.8 Å². The second-order valence-electron chi connectivity index (χ2n) is 5.03. The van der Waals surface area contributed by atoms with Crippen LogP contribution in [0.4, 0.5) is 17.2 Å². The summed E-state index contributed by atoms with van der Waals surface area (Å²) in [5, 5.41) is 4.01. The fourth-order valence-electron chi connectivity index (χ4n) is 2.12. The van der Waals surface area contributed by atoms with Crippen LogP contribution in [-0.4, -0.2) is 9.97 Å². The number of nitrogens with two attached hydrogens (primary N) is 1. The minimum Gasteiger partial charge on any atom is -0.394 e. The number of aromatic nitrogens is 2.